The fourth-order valence-corrected chi connectivity index (χ4v) is 3.16. The van der Waals surface area contributed by atoms with Crippen LogP contribution in [0.2, 0.25) is 0 Å². The lowest BCUT2D eigenvalue weighted by molar-refractivity contribution is -0.153. The third kappa shape index (κ3) is 9.10. The number of carbonyl (C=O) groups excluding carboxylic acids is 1. The van der Waals surface area contributed by atoms with Gasteiger partial charge in [0.1, 0.15) is 11.4 Å². The van der Waals surface area contributed by atoms with Gasteiger partial charge in [-0.15, -0.1) is 0 Å². The lowest BCUT2D eigenvalue weighted by Gasteiger charge is -2.19. The standard InChI is InChI=1S/C27H35NO5/c1-6-7-13-32-24-16-20(14-19(2)26(30)31)11-12-23(24)22-10-8-9-21(15-22)17-28-18-25(29)33-27(3,4)5/h8-12,14-16,28H,6-7,13,17-18H2,1-5H3,(H,30,31)/b19-14+. The molecule has 0 bridgehead atoms. The number of hydrogen-bond acceptors (Lipinski definition) is 5. The molecule has 0 aromatic heterocycles. The quantitative estimate of drug-likeness (QED) is 0.267. The summed E-state index contributed by atoms with van der Waals surface area (Å²) in [5.74, 6) is -0.515. The first kappa shape index (κ1) is 26.1. The Balaban J connectivity index is 2.21. The van der Waals surface area contributed by atoms with Crippen LogP contribution in [0.15, 0.2) is 48.0 Å². The Labute approximate surface area is 196 Å². The van der Waals surface area contributed by atoms with Crippen LogP contribution in [-0.2, 0) is 20.9 Å². The van der Waals surface area contributed by atoms with Crippen molar-refractivity contribution in [1.29, 1.82) is 0 Å². The Morgan fingerprint density at radius 3 is 2.55 bits per heavy atom. The van der Waals surface area contributed by atoms with E-state index in [4.69, 9.17) is 9.47 Å². The highest BCUT2D eigenvalue weighted by molar-refractivity contribution is 5.91. The molecule has 0 saturated carbocycles. The van der Waals surface area contributed by atoms with Crippen molar-refractivity contribution >= 4 is 18.0 Å². The molecule has 0 heterocycles. The van der Waals surface area contributed by atoms with E-state index in [1.807, 2.05) is 57.2 Å². The molecular formula is C27H35NO5. The molecule has 0 aliphatic rings. The lowest BCUT2D eigenvalue weighted by atomic mass is 9.99. The van der Waals surface area contributed by atoms with E-state index in [0.29, 0.717) is 18.9 Å². The molecule has 0 amide bonds. The number of unbranched alkanes of at least 4 members (excludes halogenated alkanes) is 1. The summed E-state index contributed by atoms with van der Waals surface area (Å²) in [6.45, 7) is 10.5. The molecule has 0 atom stereocenters. The second-order valence-corrected chi connectivity index (χ2v) is 8.98. The summed E-state index contributed by atoms with van der Waals surface area (Å²) < 4.78 is 11.4. The zero-order chi connectivity index (χ0) is 24.4. The van der Waals surface area contributed by atoms with Crippen molar-refractivity contribution < 1.29 is 24.2 Å². The highest BCUT2D eigenvalue weighted by Gasteiger charge is 2.15. The molecule has 0 fully saturated rings. The molecule has 0 spiro atoms. The fourth-order valence-electron chi connectivity index (χ4n) is 3.16. The van der Waals surface area contributed by atoms with Crippen molar-refractivity contribution in [1.82, 2.24) is 5.32 Å². The molecule has 2 aromatic rings. The first-order chi connectivity index (χ1) is 15.6. The summed E-state index contributed by atoms with van der Waals surface area (Å²) in [6, 6.07) is 13.8. The van der Waals surface area contributed by atoms with Gasteiger partial charge in [-0.2, -0.15) is 0 Å². The lowest BCUT2D eigenvalue weighted by Crippen LogP contribution is -2.31. The minimum Gasteiger partial charge on any atom is -0.493 e. The van der Waals surface area contributed by atoms with Crippen molar-refractivity contribution in [2.24, 2.45) is 0 Å². The second-order valence-electron chi connectivity index (χ2n) is 8.98. The minimum atomic E-state index is -0.945. The molecule has 178 valence electrons. The predicted molar refractivity (Wildman–Crippen MR) is 131 cm³/mol. The summed E-state index contributed by atoms with van der Waals surface area (Å²) >= 11 is 0. The van der Waals surface area contributed by atoms with E-state index in [2.05, 4.69) is 18.3 Å². The number of ether oxygens (including phenoxy) is 2. The largest absolute Gasteiger partial charge is 0.493 e. The average molecular weight is 454 g/mol. The van der Waals surface area contributed by atoms with Crippen molar-refractivity contribution in [3.63, 3.8) is 0 Å². The summed E-state index contributed by atoms with van der Waals surface area (Å²) in [5.41, 5.74) is 3.49. The van der Waals surface area contributed by atoms with Crippen LogP contribution in [0.5, 0.6) is 5.75 Å². The van der Waals surface area contributed by atoms with Crippen LogP contribution in [0, 0.1) is 0 Å². The molecular weight excluding hydrogens is 418 g/mol. The fraction of sp³-hybridized carbons (Fsp3) is 0.407. The van der Waals surface area contributed by atoms with Gasteiger partial charge in [0.2, 0.25) is 0 Å². The first-order valence-corrected chi connectivity index (χ1v) is 11.3. The van der Waals surface area contributed by atoms with E-state index < -0.39 is 11.6 Å². The van der Waals surface area contributed by atoms with Crippen molar-refractivity contribution in [2.75, 3.05) is 13.2 Å². The van der Waals surface area contributed by atoms with Crippen molar-refractivity contribution in [3.05, 3.63) is 59.2 Å². The predicted octanol–water partition coefficient (Wildman–Crippen LogP) is 5.45. The number of benzene rings is 2. The molecule has 0 aliphatic heterocycles. The van der Waals surface area contributed by atoms with Crippen LogP contribution in [0.25, 0.3) is 17.2 Å². The van der Waals surface area contributed by atoms with Crippen LogP contribution in [0.3, 0.4) is 0 Å². The van der Waals surface area contributed by atoms with Gasteiger partial charge in [0.05, 0.1) is 13.2 Å². The Morgan fingerprint density at radius 1 is 1.12 bits per heavy atom. The number of aliphatic carboxylic acids is 1. The Morgan fingerprint density at radius 2 is 1.88 bits per heavy atom. The molecule has 2 N–H and O–H groups in total. The zero-order valence-corrected chi connectivity index (χ0v) is 20.2. The SMILES string of the molecule is CCCCOc1cc(/C=C(\C)C(=O)O)ccc1-c1cccc(CNCC(=O)OC(C)(C)C)c1. The van der Waals surface area contributed by atoms with Crippen molar-refractivity contribution in [2.45, 2.75) is 59.6 Å². The smallest absolute Gasteiger partial charge is 0.331 e. The zero-order valence-electron chi connectivity index (χ0n) is 20.2. The van der Waals surface area contributed by atoms with Gasteiger partial charge in [0, 0.05) is 17.7 Å². The van der Waals surface area contributed by atoms with Crippen LogP contribution in [0.4, 0.5) is 0 Å². The summed E-state index contributed by atoms with van der Waals surface area (Å²) in [5, 5.41) is 12.3. The number of hydrogen-bond donors (Lipinski definition) is 2. The average Bonchev–Trinajstić information content (AvgIpc) is 2.73. The normalized spacial score (nSPS) is 11.8. The highest BCUT2D eigenvalue weighted by atomic mass is 16.6. The van der Waals surface area contributed by atoms with Crippen molar-refractivity contribution in [3.8, 4) is 16.9 Å². The molecule has 0 aliphatic carbocycles. The van der Waals surface area contributed by atoms with Gasteiger partial charge in [-0.3, -0.25) is 4.79 Å². The summed E-state index contributed by atoms with van der Waals surface area (Å²) in [7, 11) is 0. The highest BCUT2D eigenvalue weighted by Crippen LogP contribution is 2.32. The Bertz CT molecular complexity index is 988. The van der Waals surface area contributed by atoms with E-state index in [1.165, 1.54) is 0 Å². The molecule has 2 rings (SSSR count). The Hall–Kier alpha value is -3.12. The van der Waals surface area contributed by atoms with Crippen LogP contribution in [0.1, 0.15) is 58.6 Å². The van der Waals surface area contributed by atoms with Gasteiger partial charge in [0.25, 0.3) is 0 Å². The molecule has 0 saturated heterocycles. The van der Waals surface area contributed by atoms with E-state index in [1.54, 1.807) is 13.0 Å². The molecule has 6 nitrogen and oxygen atoms in total. The maximum Gasteiger partial charge on any atom is 0.331 e. The number of carbonyl (C=O) groups is 2. The summed E-state index contributed by atoms with van der Waals surface area (Å²) in [4.78, 5) is 23.1. The molecule has 2 aromatic carbocycles. The van der Waals surface area contributed by atoms with Gasteiger partial charge in [-0.1, -0.05) is 43.7 Å². The van der Waals surface area contributed by atoms with Gasteiger partial charge < -0.3 is 19.9 Å². The number of nitrogens with one attached hydrogen (secondary N) is 1. The number of esters is 1. The van der Waals surface area contributed by atoms with Gasteiger partial charge in [-0.05, 0) is 69.0 Å². The van der Waals surface area contributed by atoms with E-state index in [-0.39, 0.29) is 18.1 Å². The minimum absolute atomic E-state index is 0.136. The maximum absolute atomic E-state index is 11.9. The molecule has 33 heavy (non-hydrogen) atoms. The third-order valence-electron chi connectivity index (χ3n) is 4.74. The number of carboxylic acid groups (broad SMARTS) is 1. The Kier molecular flexibility index (Phi) is 9.67. The maximum atomic E-state index is 11.9. The van der Waals surface area contributed by atoms with E-state index >= 15 is 0 Å². The topological polar surface area (TPSA) is 84.9 Å². The van der Waals surface area contributed by atoms with E-state index in [0.717, 1.165) is 35.1 Å². The van der Waals surface area contributed by atoms with Crippen LogP contribution < -0.4 is 10.1 Å². The monoisotopic (exact) mass is 453 g/mol. The van der Waals surface area contributed by atoms with Gasteiger partial charge >= 0.3 is 11.9 Å². The first-order valence-electron chi connectivity index (χ1n) is 11.3. The third-order valence-corrected chi connectivity index (χ3v) is 4.74. The molecule has 0 unspecified atom stereocenters. The van der Waals surface area contributed by atoms with Gasteiger partial charge in [-0.25, -0.2) is 4.79 Å². The van der Waals surface area contributed by atoms with Gasteiger partial charge in [0.15, 0.2) is 0 Å². The molecule has 6 heteroatoms. The number of rotatable bonds is 11. The number of carboxylic acids is 1. The van der Waals surface area contributed by atoms with Crippen LogP contribution >= 0.6 is 0 Å². The van der Waals surface area contributed by atoms with E-state index in [9.17, 15) is 14.7 Å². The van der Waals surface area contributed by atoms with Crippen LogP contribution in [-0.4, -0.2) is 35.8 Å². The molecule has 0 radical (unpaired) electrons. The second kappa shape index (κ2) is 12.2. The summed E-state index contributed by atoms with van der Waals surface area (Å²) in [6.07, 6.45) is 3.59.